The molecule has 0 aliphatic heterocycles. The van der Waals surface area contributed by atoms with E-state index < -0.39 is 0 Å². The lowest BCUT2D eigenvalue weighted by atomic mass is 10.0. The van der Waals surface area contributed by atoms with Crippen LogP contribution < -0.4 is 28.2 Å². The minimum atomic E-state index is -0.0290. The van der Waals surface area contributed by atoms with Gasteiger partial charge in [0.1, 0.15) is 5.75 Å². The summed E-state index contributed by atoms with van der Waals surface area (Å²) in [7, 11) is 1.63. The van der Waals surface area contributed by atoms with Crippen LogP contribution in [-0.4, -0.2) is 48.7 Å². The zero-order valence-corrected chi connectivity index (χ0v) is 23.6. The molecule has 0 aromatic heterocycles. The number of nitrogens with two attached hydrogens (primary N) is 1. The molecule has 0 spiro atoms. The molecule has 5 nitrogen and oxygen atoms in total. The first kappa shape index (κ1) is 31.1. The number of anilines is 1. The summed E-state index contributed by atoms with van der Waals surface area (Å²) in [5.74, 6) is 0.720. The highest BCUT2D eigenvalue weighted by atomic mass is 35.5. The number of hydrogen-bond donors (Lipinski definition) is 2. The Bertz CT molecular complexity index is 889. The average Bonchev–Trinajstić information content (AvgIpc) is 2.79. The summed E-state index contributed by atoms with van der Waals surface area (Å²) < 4.78 is 6.18. The Morgan fingerprint density at radius 3 is 2.20 bits per heavy atom. The van der Waals surface area contributed by atoms with Crippen molar-refractivity contribution in [2.24, 2.45) is 0 Å². The number of methoxy groups -OCH3 is 1. The minimum Gasteiger partial charge on any atom is -1.00 e. The van der Waals surface area contributed by atoms with Gasteiger partial charge in [-0.3, -0.25) is 4.79 Å². The molecule has 35 heavy (non-hydrogen) atoms. The second kappa shape index (κ2) is 14.6. The van der Waals surface area contributed by atoms with E-state index in [0.717, 1.165) is 54.7 Å². The van der Waals surface area contributed by atoms with Gasteiger partial charge in [0.2, 0.25) is 0 Å². The molecule has 1 unspecified atom stereocenters. The SMILES string of the molecule is CCC(C[N+](CCCCc1cc(N)cc(Cl)c1)(C(C)C)C(C)C)NC(=O)c1ccc(OC)cc1.[Cl-]. The molecule has 0 bridgehead atoms. The van der Waals surface area contributed by atoms with Gasteiger partial charge in [-0.1, -0.05) is 18.5 Å². The number of carbonyl (C=O) groups is 1. The van der Waals surface area contributed by atoms with Gasteiger partial charge in [0, 0.05) is 16.3 Å². The van der Waals surface area contributed by atoms with Crippen LogP contribution in [0.25, 0.3) is 0 Å². The van der Waals surface area contributed by atoms with E-state index >= 15 is 0 Å². The van der Waals surface area contributed by atoms with Crippen LogP contribution in [0.1, 0.15) is 69.8 Å². The molecule has 2 rings (SSSR count). The number of amides is 1. The van der Waals surface area contributed by atoms with E-state index in [0.29, 0.717) is 22.7 Å². The van der Waals surface area contributed by atoms with Crippen molar-refractivity contribution in [1.82, 2.24) is 5.32 Å². The van der Waals surface area contributed by atoms with Crippen molar-refractivity contribution in [1.29, 1.82) is 0 Å². The summed E-state index contributed by atoms with van der Waals surface area (Å²) in [5, 5.41) is 3.99. The van der Waals surface area contributed by atoms with E-state index in [1.807, 2.05) is 36.4 Å². The van der Waals surface area contributed by atoms with Gasteiger partial charge in [0.25, 0.3) is 5.91 Å². The molecule has 2 aromatic carbocycles. The summed E-state index contributed by atoms with van der Waals surface area (Å²) in [4.78, 5) is 12.9. The summed E-state index contributed by atoms with van der Waals surface area (Å²) in [5.41, 5.74) is 8.52. The molecule has 3 N–H and O–H groups in total. The van der Waals surface area contributed by atoms with E-state index in [1.165, 1.54) is 5.56 Å². The molecule has 1 amide bonds. The van der Waals surface area contributed by atoms with Gasteiger partial charge in [0.05, 0.1) is 38.3 Å². The van der Waals surface area contributed by atoms with Gasteiger partial charge >= 0.3 is 0 Å². The Labute approximate surface area is 223 Å². The Morgan fingerprint density at radius 2 is 1.69 bits per heavy atom. The van der Waals surface area contributed by atoms with Crippen LogP contribution in [0.15, 0.2) is 42.5 Å². The normalized spacial score (nSPS) is 12.4. The topological polar surface area (TPSA) is 64.3 Å². The smallest absolute Gasteiger partial charge is 0.251 e. The third-order valence-corrected chi connectivity index (χ3v) is 7.29. The highest BCUT2D eigenvalue weighted by molar-refractivity contribution is 6.30. The van der Waals surface area contributed by atoms with E-state index in [-0.39, 0.29) is 24.4 Å². The first-order valence-electron chi connectivity index (χ1n) is 12.5. The fourth-order valence-electron chi connectivity index (χ4n) is 4.88. The van der Waals surface area contributed by atoms with Crippen LogP contribution in [0.2, 0.25) is 5.02 Å². The number of carbonyl (C=O) groups excluding carboxylic acids is 1. The number of hydrogen-bond acceptors (Lipinski definition) is 3. The predicted octanol–water partition coefficient (Wildman–Crippen LogP) is 3.10. The summed E-state index contributed by atoms with van der Waals surface area (Å²) in [6.07, 6.45) is 4.04. The number of nitrogens with zero attached hydrogens (tertiary/aromatic N) is 1. The van der Waals surface area contributed by atoms with Crippen LogP contribution in [0, 0.1) is 0 Å². The van der Waals surface area contributed by atoms with Crippen molar-refractivity contribution >= 4 is 23.2 Å². The van der Waals surface area contributed by atoms with Gasteiger partial charge in [0.15, 0.2) is 0 Å². The zero-order valence-electron chi connectivity index (χ0n) is 22.1. The third kappa shape index (κ3) is 8.89. The number of ether oxygens (including phenoxy) is 1. The van der Waals surface area contributed by atoms with Crippen molar-refractivity contribution in [2.45, 2.75) is 78.4 Å². The standard InChI is InChI=1S/C28H42ClN3O2.ClH/c1-7-26(31-28(33)23-11-13-27(34-6)14-12-23)19-32(20(2)3,21(4)5)15-9-8-10-22-16-24(29)18-25(30)17-22;/h11-14,16-18,20-21,26H,7-10,15,19,30H2,1-6H3;1H. The molecule has 0 radical (unpaired) electrons. The summed E-state index contributed by atoms with van der Waals surface area (Å²) in [6, 6.07) is 14.1. The van der Waals surface area contributed by atoms with Crippen molar-refractivity contribution < 1.29 is 26.4 Å². The quantitative estimate of drug-likeness (QED) is 0.241. The van der Waals surface area contributed by atoms with Gasteiger partial charge in [-0.2, -0.15) is 0 Å². The molecule has 0 heterocycles. The first-order chi connectivity index (χ1) is 16.1. The number of nitrogen functional groups attached to an aromatic ring is 1. The van der Waals surface area contributed by atoms with Crippen LogP contribution in [0.4, 0.5) is 5.69 Å². The van der Waals surface area contributed by atoms with Crippen molar-refractivity contribution in [3.63, 3.8) is 0 Å². The summed E-state index contributed by atoms with van der Waals surface area (Å²) >= 11 is 6.17. The molecule has 0 aliphatic rings. The van der Waals surface area contributed by atoms with Gasteiger partial charge in [-0.15, -0.1) is 0 Å². The second-order valence-electron chi connectivity index (χ2n) is 9.85. The zero-order chi connectivity index (χ0) is 25.3. The lowest BCUT2D eigenvalue weighted by molar-refractivity contribution is -0.967. The molecule has 0 saturated carbocycles. The maximum absolute atomic E-state index is 12.9. The highest BCUT2D eigenvalue weighted by Crippen LogP contribution is 2.24. The monoisotopic (exact) mass is 523 g/mol. The molecular weight excluding hydrogens is 481 g/mol. The maximum atomic E-state index is 12.9. The molecule has 0 aliphatic carbocycles. The van der Waals surface area contributed by atoms with Gasteiger partial charge in [-0.05, 0) is 101 Å². The number of benzene rings is 2. The molecule has 1 atom stereocenters. The van der Waals surface area contributed by atoms with Crippen molar-refractivity contribution in [3.8, 4) is 5.75 Å². The van der Waals surface area contributed by atoms with Crippen molar-refractivity contribution in [2.75, 3.05) is 25.9 Å². The van der Waals surface area contributed by atoms with E-state index in [2.05, 4.69) is 39.9 Å². The fraction of sp³-hybridized carbons (Fsp3) is 0.536. The van der Waals surface area contributed by atoms with E-state index in [1.54, 1.807) is 13.2 Å². The lowest BCUT2D eigenvalue weighted by Crippen LogP contribution is -3.00. The van der Waals surface area contributed by atoms with Crippen molar-refractivity contribution in [3.05, 3.63) is 58.6 Å². The molecule has 196 valence electrons. The molecule has 2 aromatic rings. The maximum Gasteiger partial charge on any atom is 0.251 e. The van der Waals surface area contributed by atoms with Crippen LogP contribution in [0.3, 0.4) is 0 Å². The number of rotatable bonds is 13. The molecule has 0 fully saturated rings. The largest absolute Gasteiger partial charge is 1.00 e. The van der Waals surface area contributed by atoms with Crippen LogP contribution in [-0.2, 0) is 6.42 Å². The predicted molar refractivity (Wildman–Crippen MR) is 144 cm³/mol. The number of unbranched alkanes of at least 4 members (excludes halogenated alkanes) is 1. The average molecular weight is 525 g/mol. The Morgan fingerprint density at radius 1 is 1.06 bits per heavy atom. The van der Waals surface area contributed by atoms with E-state index in [4.69, 9.17) is 22.1 Å². The fourth-order valence-corrected chi connectivity index (χ4v) is 5.15. The third-order valence-electron chi connectivity index (χ3n) is 7.07. The second-order valence-corrected chi connectivity index (χ2v) is 10.3. The van der Waals surface area contributed by atoms with Crippen LogP contribution in [0.5, 0.6) is 5.75 Å². The Kier molecular flexibility index (Phi) is 12.9. The first-order valence-corrected chi connectivity index (χ1v) is 12.8. The molecular formula is C28H43Cl2N3O2. The lowest BCUT2D eigenvalue weighted by Gasteiger charge is -2.48. The molecule has 7 heteroatoms. The van der Waals surface area contributed by atoms with Gasteiger partial charge < -0.3 is 32.7 Å². The highest BCUT2D eigenvalue weighted by Gasteiger charge is 2.37. The number of quaternary nitrogens is 1. The number of halogens is 2. The van der Waals surface area contributed by atoms with Crippen LogP contribution >= 0.6 is 11.6 Å². The summed E-state index contributed by atoms with van der Waals surface area (Å²) in [6.45, 7) is 13.3. The Balaban J connectivity index is 0.00000612. The number of nitrogens with one attached hydrogen (secondary N) is 1. The molecule has 0 saturated heterocycles. The van der Waals surface area contributed by atoms with E-state index in [9.17, 15) is 4.79 Å². The number of aryl methyl sites for hydroxylation is 1. The van der Waals surface area contributed by atoms with Gasteiger partial charge in [-0.25, -0.2) is 0 Å². The Hall–Kier alpha value is -1.95. The minimum absolute atomic E-state index is 0.